The second-order valence-corrected chi connectivity index (χ2v) is 7.41. The van der Waals surface area contributed by atoms with E-state index in [0.29, 0.717) is 6.54 Å². The fourth-order valence-corrected chi connectivity index (χ4v) is 3.89. The van der Waals surface area contributed by atoms with Crippen molar-refractivity contribution < 1.29 is 13.2 Å². The molecule has 23 heavy (non-hydrogen) atoms. The van der Waals surface area contributed by atoms with Crippen LogP contribution in [0, 0.1) is 5.92 Å². The van der Waals surface area contributed by atoms with Crippen LogP contribution in [0.15, 0.2) is 41.6 Å². The summed E-state index contributed by atoms with van der Waals surface area (Å²) >= 11 is 0. The molecule has 7 nitrogen and oxygen atoms in total. The predicted octanol–water partition coefficient (Wildman–Crippen LogP) is 0.523. The Morgan fingerprint density at radius 2 is 2.26 bits per heavy atom. The largest absolute Gasteiger partial charge is 0.366 e. The smallest absolute Gasteiger partial charge is 0.248 e. The van der Waals surface area contributed by atoms with Crippen LogP contribution in [-0.4, -0.2) is 30.4 Å². The highest BCUT2D eigenvalue weighted by Crippen LogP contribution is 2.19. The molecule has 0 unspecified atom stereocenters. The lowest BCUT2D eigenvalue weighted by atomic mass is 10.00. The zero-order valence-corrected chi connectivity index (χ0v) is 13.3. The molecule has 8 heteroatoms. The van der Waals surface area contributed by atoms with E-state index >= 15 is 0 Å². The van der Waals surface area contributed by atoms with Gasteiger partial charge in [0, 0.05) is 37.5 Å². The molecule has 1 aromatic carbocycles. The molecule has 0 saturated heterocycles. The number of rotatable bonds is 5. The SMILES string of the molecule is NC(=O)c1cccc(S(=O)(=O)NC[C@@H]2CCc3nccn3C2)c1. The van der Waals surface area contributed by atoms with Crippen molar-refractivity contribution in [3.63, 3.8) is 0 Å². The number of benzene rings is 1. The molecule has 1 aromatic heterocycles. The molecule has 122 valence electrons. The van der Waals surface area contributed by atoms with Crippen molar-refractivity contribution in [2.45, 2.75) is 24.3 Å². The van der Waals surface area contributed by atoms with Crippen molar-refractivity contribution in [3.05, 3.63) is 48.0 Å². The zero-order chi connectivity index (χ0) is 16.4. The maximum Gasteiger partial charge on any atom is 0.248 e. The third-order valence-corrected chi connectivity index (χ3v) is 5.44. The number of nitrogens with one attached hydrogen (secondary N) is 1. The topological polar surface area (TPSA) is 107 Å². The highest BCUT2D eigenvalue weighted by Gasteiger charge is 2.22. The van der Waals surface area contributed by atoms with Crippen molar-refractivity contribution in [1.29, 1.82) is 0 Å². The van der Waals surface area contributed by atoms with E-state index in [-0.39, 0.29) is 16.4 Å². The molecule has 3 rings (SSSR count). The van der Waals surface area contributed by atoms with Crippen LogP contribution in [0.4, 0.5) is 0 Å². The van der Waals surface area contributed by atoms with Gasteiger partial charge in [0.25, 0.3) is 0 Å². The molecule has 0 spiro atoms. The van der Waals surface area contributed by atoms with E-state index in [1.54, 1.807) is 6.20 Å². The van der Waals surface area contributed by atoms with Crippen molar-refractivity contribution in [2.75, 3.05) is 6.54 Å². The fraction of sp³-hybridized carbons (Fsp3) is 0.333. The van der Waals surface area contributed by atoms with Crippen molar-refractivity contribution >= 4 is 15.9 Å². The average molecular weight is 334 g/mol. The van der Waals surface area contributed by atoms with Gasteiger partial charge in [-0.05, 0) is 30.5 Å². The lowest BCUT2D eigenvalue weighted by Gasteiger charge is -2.23. The third kappa shape index (κ3) is 3.43. The quantitative estimate of drug-likeness (QED) is 0.831. The highest BCUT2D eigenvalue weighted by molar-refractivity contribution is 7.89. The molecule has 1 aliphatic rings. The minimum Gasteiger partial charge on any atom is -0.366 e. The minimum absolute atomic E-state index is 0.0490. The maximum absolute atomic E-state index is 12.4. The fourth-order valence-electron chi connectivity index (χ4n) is 2.73. The Hall–Kier alpha value is -2.19. The Kier molecular flexibility index (Phi) is 4.18. The molecule has 0 saturated carbocycles. The van der Waals surface area contributed by atoms with Gasteiger partial charge < -0.3 is 10.3 Å². The number of fused-ring (bicyclic) bond motifs is 1. The lowest BCUT2D eigenvalue weighted by molar-refractivity contribution is 0.1000. The monoisotopic (exact) mass is 334 g/mol. The van der Waals surface area contributed by atoms with Gasteiger partial charge in [0.2, 0.25) is 15.9 Å². The van der Waals surface area contributed by atoms with Crippen LogP contribution in [0.25, 0.3) is 0 Å². The molecule has 1 aliphatic heterocycles. The van der Waals surface area contributed by atoms with Gasteiger partial charge in [0.1, 0.15) is 5.82 Å². The number of primary amides is 1. The predicted molar refractivity (Wildman–Crippen MR) is 84.2 cm³/mol. The number of amides is 1. The van der Waals surface area contributed by atoms with Crippen LogP contribution < -0.4 is 10.5 Å². The summed E-state index contributed by atoms with van der Waals surface area (Å²) in [5.41, 5.74) is 5.36. The Labute approximate surface area is 134 Å². The first-order valence-corrected chi connectivity index (χ1v) is 8.83. The first kappa shape index (κ1) is 15.7. The van der Waals surface area contributed by atoms with E-state index in [9.17, 15) is 13.2 Å². The van der Waals surface area contributed by atoms with Crippen LogP contribution in [0.5, 0.6) is 0 Å². The molecule has 0 aliphatic carbocycles. The van der Waals surface area contributed by atoms with Gasteiger partial charge in [-0.3, -0.25) is 4.79 Å². The summed E-state index contributed by atoms with van der Waals surface area (Å²) in [6.07, 6.45) is 5.40. The maximum atomic E-state index is 12.4. The number of hydrogen-bond acceptors (Lipinski definition) is 4. The second kappa shape index (κ2) is 6.13. The van der Waals surface area contributed by atoms with Crippen LogP contribution in [0.1, 0.15) is 22.6 Å². The Balaban J connectivity index is 1.68. The van der Waals surface area contributed by atoms with Crippen molar-refractivity contribution in [3.8, 4) is 0 Å². The van der Waals surface area contributed by atoms with E-state index in [4.69, 9.17) is 5.73 Å². The highest BCUT2D eigenvalue weighted by atomic mass is 32.2. The van der Waals surface area contributed by atoms with Gasteiger partial charge >= 0.3 is 0 Å². The van der Waals surface area contributed by atoms with Crippen LogP contribution in [-0.2, 0) is 23.0 Å². The Morgan fingerprint density at radius 1 is 1.43 bits per heavy atom. The van der Waals surface area contributed by atoms with E-state index < -0.39 is 15.9 Å². The number of nitrogens with zero attached hydrogens (tertiary/aromatic N) is 2. The molecule has 2 aromatic rings. The summed E-state index contributed by atoms with van der Waals surface area (Å²) in [5, 5.41) is 0. The summed E-state index contributed by atoms with van der Waals surface area (Å²) in [4.78, 5) is 15.5. The van der Waals surface area contributed by atoms with Crippen LogP contribution >= 0.6 is 0 Å². The van der Waals surface area contributed by atoms with Gasteiger partial charge in [0.05, 0.1) is 4.90 Å². The number of carbonyl (C=O) groups excluding carboxylic acids is 1. The molecule has 1 amide bonds. The lowest BCUT2D eigenvalue weighted by Crippen LogP contribution is -2.33. The van der Waals surface area contributed by atoms with E-state index in [2.05, 4.69) is 14.3 Å². The van der Waals surface area contributed by atoms with Crippen molar-refractivity contribution in [2.24, 2.45) is 11.7 Å². The minimum atomic E-state index is -3.66. The molecule has 3 N–H and O–H groups in total. The number of carbonyl (C=O) groups is 1. The molecule has 0 fully saturated rings. The van der Waals surface area contributed by atoms with Gasteiger partial charge in [0.15, 0.2) is 0 Å². The number of aromatic nitrogens is 2. The number of nitrogens with two attached hydrogens (primary N) is 1. The Bertz CT molecular complexity index is 829. The molecule has 0 radical (unpaired) electrons. The van der Waals surface area contributed by atoms with Gasteiger partial charge in [-0.2, -0.15) is 0 Å². The summed E-state index contributed by atoms with van der Waals surface area (Å²) < 4.78 is 29.4. The van der Waals surface area contributed by atoms with Crippen LogP contribution in [0.3, 0.4) is 0 Å². The summed E-state index contributed by atoms with van der Waals surface area (Å²) in [7, 11) is -3.66. The number of hydrogen-bond donors (Lipinski definition) is 2. The number of sulfonamides is 1. The molecule has 2 heterocycles. The zero-order valence-electron chi connectivity index (χ0n) is 12.5. The van der Waals surface area contributed by atoms with Gasteiger partial charge in [-0.25, -0.2) is 18.1 Å². The average Bonchev–Trinajstić information content (AvgIpc) is 3.01. The summed E-state index contributed by atoms with van der Waals surface area (Å²) in [6.45, 7) is 1.10. The van der Waals surface area contributed by atoms with E-state index in [1.807, 2.05) is 6.20 Å². The number of aryl methyl sites for hydroxylation is 1. The molecular weight excluding hydrogens is 316 g/mol. The summed E-state index contributed by atoms with van der Waals surface area (Å²) in [5.74, 6) is 0.603. The summed E-state index contributed by atoms with van der Waals surface area (Å²) in [6, 6.07) is 5.74. The normalized spacial score (nSPS) is 17.7. The third-order valence-electron chi connectivity index (χ3n) is 4.02. The van der Waals surface area contributed by atoms with Gasteiger partial charge in [-0.15, -0.1) is 0 Å². The van der Waals surface area contributed by atoms with Crippen LogP contribution in [0.2, 0.25) is 0 Å². The standard InChI is InChI=1S/C15H18N4O3S/c16-15(20)12-2-1-3-13(8-12)23(21,22)18-9-11-4-5-14-17-6-7-19(14)10-11/h1-3,6-8,11,18H,4-5,9-10H2,(H2,16,20)/t11-/m0/s1. The molecular formula is C15H18N4O3S. The molecule has 0 bridgehead atoms. The Morgan fingerprint density at radius 3 is 3.04 bits per heavy atom. The van der Waals surface area contributed by atoms with Crippen molar-refractivity contribution in [1.82, 2.24) is 14.3 Å². The van der Waals surface area contributed by atoms with E-state index in [0.717, 1.165) is 25.2 Å². The van der Waals surface area contributed by atoms with E-state index in [1.165, 1.54) is 24.3 Å². The second-order valence-electron chi connectivity index (χ2n) is 5.64. The first-order chi connectivity index (χ1) is 11.0. The number of imidazole rings is 1. The first-order valence-electron chi connectivity index (χ1n) is 7.35. The van der Waals surface area contributed by atoms with Gasteiger partial charge in [-0.1, -0.05) is 6.07 Å². The molecule has 1 atom stereocenters.